The van der Waals surface area contributed by atoms with Gasteiger partial charge in [-0.2, -0.15) is 5.10 Å². The van der Waals surface area contributed by atoms with E-state index in [1.165, 1.54) is 5.56 Å². The third-order valence-corrected chi connectivity index (χ3v) is 4.50. The average molecular weight is 306 g/mol. The van der Waals surface area contributed by atoms with Crippen molar-refractivity contribution in [1.82, 2.24) is 9.78 Å². The molecule has 4 heteroatoms. The van der Waals surface area contributed by atoms with Gasteiger partial charge in [0.25, 0.3) is 0 Å². The molecule has 2 rings (SSSR count). The number of nitrogens with two attached hydrogens (primary N) is 1. The molecule has 0 radical (unpaired) electrons. The van der Waals surface area contributed by atoms with Crippen molar-refractivity contribution in [3.8, 4) is 0 Å². The average Bonchev–Trinajstić information content (AvgIpc) is 2.74. The number of hydrogen-bond donors (Lipinski definition) is 1. The number of hydrogen-bond acceptors (Lipinski definition) is 2. The summed E-state index contributed by atoms with van der Waals surface area (Å²) in [5.74, 6) is 0. The van der Waals surface area contributed by atoms with Gasteiger partial charge < -0.3 is 5.73 Å². The molecule has 0 aliphatic carbocycles. The Morgan fingerprint density at radius 1 is 1.24 bits per heavy atom. The fraction of sp³-hybridized carbons (Fsp3) is 0.471. The van der Waals surface area contributed by atoms with Crippen molar-refractivity contribution in [3.63, 3.8) is 0 Å². The Morgan fingerprint density at radius 3 is 2.38 bits per heavy atom. The lowest BCUT2D eigenvalue weighted by Gasteiger charge is -2.26. The van der Waals surface area contributed by atoms with Crippen molar-refractivity contribution in [3.05, 3.63) is 51.8 Å². The summed E-state index contributed by atoms with van der Waals surface area (Å²) in [5, 5.41) is 5.20. The third-order valence-electron chi connectivity index (χ3n) is 4.01. The number of rotatable bonds is 5. The largest absolute Gasteiger partial charge is 0.321 e. The summed E-state index contributed by atoms with van der Waals surface area (Å²) >= 11 is 6.39. The number of benzene rings is 1. The zero-order valence-electron chi connectivity index (χ0n) is 13.3. The first kappa shape index (κ1) is 16.1. The summed E-state index contributed by atoms with van der Waals surface area (Å²) in [6.07, 6.45) is 1.71. The molecular weight excluding hydrogens is 282 g/mol. The molecule has 1 unspecified atom stereocenters. The first-order valence-corrected chi connectivity index (χ1v) is 7.87. The van der Waals surface area contributed by atoms with Crippen LogP contribution in [0.5, 0.6) is 0 Å². The molecule has 2 aromatic rings. The number of aromatic nitrogens is 2. The van der Waals surface area contributed by atoms with Crippen LogP contribution in [-0.2, 0) is 24.9 Å². The first-order chi connectivity index (χ1) is 9.89. The molecule has 0 aliphatic rings. The molecule has 0 aliphatic heterocycles. The fourth-order valence-electron chi connectivity index (χ4n) is 2.61. The van der Waals surface area contributed by atoms with Crippen molar-refractivity contribution in [2.24, 2.45) is 5.73 Å². The highest BCUT2D eigenvalue weighted by atomic mass is 35.5. The molecule has 0 amide bonds. The second kappa shape index (κ2) is 6.20. The van der Waals surface area contributed by atoms with E-state index in [-0.39, 0.29) is 0 Å². The van der Waals surface area contributed by atoms with Gasteiger partial charge in [-0.05, 0) is 38.3 Å². The van der Waals surface area contributed by atoms with Crippen LogP contribution in [0.3, 0.4) is 0 Å². The minimum Gasteiger partial charge on any atom is -0.321 e. The van der Waals surface area contributed by atoms with Gasteiger partial charge in [0.1, 0.15) is 0 Å². The topological polar surface area (TPSA) is 43.8 Å². The molecule has 1 aromatic heterocycles. The van der Waals surface area contributed by atoms with Gasteiger partial charge in [0.2, 0.25) is 0 Å². The molecule has 21 heavy (non-hydrogen) atoms. The van der Waals surface area contributed by atoms with E-state index in [4.69, 9.17) is 17.3 Å². The third kappa shape index (κ3) is 3.30. The van der Waals surface area contributed by atoms with Crippen molar-refractivity contribution < 1.29 is 0 Å². The maximum atomic E-state index is 6.56. The van der Waals surface area contributed by atoms with Gasteiger partial charge in [0.15, 0.2) is 0 Å². The van der Waals surface area contributed by atoms with E-state index in [0.717, 1.165) is 34.9 Å². The highest BCUT2D eigenvalue weighted by Crippen LogP contribution is 2.28. The zero-order valence-corrected chi connectivity index (χ0v) is 14.0. The van der Waals surface area contributed by atoms with E-state index < -0.39 is 5.54 Å². The van der Waals surface area contributed by atoms with Crippen LogP contribution >= 0.6 is 11.6 Å². The quantitative estimate of drug-likeness (QED) is 0.912. The Balaban J connectivity index is 2.32. The smallest absolute Gasteiger partial charge is 0.0847 e. The SMILES string of the molecule is CCc1ccc(C(C)(N)Cc2c(Cl)c(C)nn2CC)cc1. The van der Waals surface area contributed by atoms with Crippen LogP contribution in [-0.4, -0.2) is 9.78 Å². The monoisotopic (exact) mass is 305 g/mol. The van der Waals surface area contributed by atoms with Crippen molar-refractivity contribution in [1.29, 1.82) is 0 Å². The van der Waals surface area contributed by atoms with Gasteiger partial charge in [0, 0.05) is 18.5 Å². The van der Waals surface area contributed by atoms with E-state index in [0.29, 0.717) is 6.42 Å². The summed E-state index contributed by atoms with van der Waals surface area (Å²) in [7, 11) is 0. The maximum Gasteiger partial charge on any atom is 0.0847 e. The summed E-state index contributed by atoms with van der Waals surface area (Å²) in [6, 6.07) is 8.52. The highest BCUT2D eigenvalue weighted by Gasteiger charge is 2.26. The molecule has 0 bridgehead atoms. The number of nitrogens with zero attached hydrogens (tertiary/aromatic N) is 2. The van der Waals surface area contributed by atoms with Gasteiger partial charge >= 0.3 is 0 Å². The van der Waals surface area contributed by atoms with Crippen LogP contribution < -0.4 is 5.73 Å². The Bertz CT molecular complexity index is 612. The number of halogens is 1. The molecule has 0 fully saturated rings. The van der Waals surface area contributed by atoms with Crippen LogP contribution in [0.25, 0.3) is 0 Å². The molecule has 2 N–H and O–H groups in total. The van der Waals surface area contributed by atoms with E-state index in [1.54, 1.807) is 0 Å². The normalized spacial score (nSPS) is 14.2. The van der Waals surface area contributed by atoms with Gasteiger partial charge in [-0.1, -0.05) is 42.8 Å². The number of aryl methyl sites for hydroxylation is 3. The van der Waals surface area contributed by atoms with Crippen molar-refractivity contribution >= 4 is 11.6 Å². The highest BCUT2D eigenvalue weighted by molar-refractivity contribution is 6.31. The van der Waals surface area contributed by atoms with Crippen LogP contribution in [0.2, 0.25) is 5.02 Å². The molecular formula is C17H24ClN3. The van der Waals surface area contributed by atoms with Gasteiger partial charge in [0.05, 0.1) is 16.4 Å². The minimum absolute atomic E-state index is 0.463. The van der Waals surface area contributed by atoms with E-state index in [9.17, 15) is 0 Å². The van der Waals surface area contributed by atoms with Crippen LogP contribution in [0, 0.1) is 6.92 Å². The summed E-state index contributed by atoms with van der Waals surface area (Å²) in [6.45, 7) is 9.00. The molecule has 0 spiro atoms. The predicted octanol–water partition coefficient (Wildman–Crippen LogP) is 3.84. The van der Waals surface area contributed by atoms with Gasteiger partial charge in [-0.25, -0.2) is 0 Å². The van der Waals surface area contributed by atoms with Gasteiger partial charge in [-0.3, -0.25) is 4.68 Å². The molecule has 1 heterocycles. The van der Waals surface area contributed by atoms with Gasteiger partial charge in [-0.15, -0.1) is 0 Å². The Morgan fingerprint density at radius 2 is 1.86 bits per heavy atom. The summed E-state index contributed by atoms with van der Waals surface area (Å²) in [5.41, 5.74) is 10.4. The van der Waals surface area contributed by atoms with Crippen molar-refractivity contribution in [2.75, 3.05) is 0 Å². The molecule has 1 aromatic carbocycles. The predicted molar refractivity (Wildman–Crippen MR) is 88.7 cm³/mol. The lowest BCUT2D eigenvalue weighted by Crippen LogP contribution is -2.36. The first-order valence-electron chi connectivity index (χ1n) is 7.49. The molecule has 1 atom stereocenters. The fourth-order valence-corrected chi connectivity index (χ4v) is 2.81. The standard InChI is InChI=1S/C17H24ClN3/c1-5-13-7-9-14(10-8-13)17(4,19)11-15-16(18)12(3)20-21(15)6-2/h7-10H,5-6,11,19H2,1-4H3. The lowest BCUT2D eigenvalue weighted by molar-refractivity contribution is 0.464. The maximum absolute atomic E-state index is 6.56. The summed E-state index contributed by atoms with van der Waals surface area (Å²) in [4.78, 5) is 0. The van der Waals surface area contributed by atoms with Crippen molar-refractivity contribution in [2.45, 2.75) is 52.6 Å². The molecule has 0 saturated carbocycles. The Hall–Kier alpha value is -1.32. The molecule has 114 valence electrons. The van der Waals surface area contributed by atoms with E-state index >= 15 is 0 Å². The Kier molecular flexibility index (Phi) is 4.74. The zero-order chi connectivity index (χ0) is 15.6. The second-order valence-corrected chi connectivity index (χ2v) is 6.18. The second-order valence-electron chi connectivity index (χ2n) is 5.81. The minimum atomic E-state index is -0.463. The van der Waals surface area contributed by atoms with Crippen LogP contribution in [0.4, 0.5) is 0 Å². The van der Waals surface area contributed by atoms with E-state index in [2.05, 4.69) is 43.2 Å². The molecule has 3 nitrogen and oxygen atoms in total. The summed E-state index contributed by atoms with van der Waals surface area (Å²) < 4.78 is 1.95. The molecule has 0 saturated heterocycles. The Labute approximate surface area is 132 Å². The lowest BCUT2D eigenvalue weighted by atomic mass is 9.87. The van der Waals surface area contributed by atoms with E-state index in [1.807, 2.05) is 18.5 Å². The van der Waals surface area contributed by atoms with Crippen LogP contribution in [0.15, 0.2) is 24.3 Å². The van der Waals surface area contributed by atoms with Crippen LogP contribution in [0.1, 0.15) is 43.3 Å².